The van der Waals surface area contributed by atoms with Crippen molar-refractivity contribution in [3.05, 3.63) is 81.7 Å². The average Bonchev–Trinajstić information content (AvgIpc) is 3.54. The Morgan fingerprint density at radius 3 is 2.94 bits per heavy atom. The van der Waals surface area contributed by atoms with Crippen molar-refractivity contribution in [2.75, 3.05) is 6.61 Å². The van der Waals surface area contributed by atoms with Gasteiger partial charge in [-0.1, -0.05) is 24.6 Å². The van der Waals surface area contributed by atoms with Crippen molar-refractivity contribution in [2.24, 2.45) is 0 Å². The summed E-state index contributed by atoms with van der Waals surface area (Å²) in [5.74, 6) is 0.792. The van der Waals surface area contributed by atoms with Gasteiger partial charge in [0.2, 0.25) is 0 Å². The van der Waals surface area contributed by atoms with E-state index in [4.69, 9.17) is 4.74 Å². The van der Waals surface area contributed by atoms with E-state index >= 15 is 0 Å². The highest BCUT2D eigenvalue weighted by molar-refractivity contribution is 5.79. The van der Waals surface area contributed by atoms with Crippen LogP contribution in [0.5, 0.6) is 0 Å². The van der Waals surface area contributed by atoms with Crippen LogP contribution in [0, 0.1) is 6.92 Å². The fourth-order valence-corrected chi connectivity index (χ4v) is 4.88. The first-order valence-electron chi connectivity index (χ1n) is 12.2. The Bertz CT molecular complexity index is 1330. The lowest BCUT2D eigenvalue weighted by Gasteiger charge is -2.30. The molecule has 0 amide bonds. The summed E-state index contributed by atoms with van der Waals surface area (Å²) >= 11 is 0. The van der Waals surface area contributed by atoms with Gasteiger partial charge < -0.3 is 9.72 Å². The number of fused-ring (bicyclic) bond motifs is 1. The van der Waals surface area contributed by atoms with Crippen molar-refractivity contribution in [1.29, 1.82) is 0 Å². The van der Waals surface area contributed by atoms with Crippen molar-refractivity contribution in [2.45, 2.75) is 64.9 Å². The van der Waals surface area contributed by atoms with E-state index in [-0.39, 0.29) is 17.7 Å². The van der Waals surface area contributed by atoms with Gasteiger partial charge in [0.1, 0.15) is 0 Å². The van der Waals surface area contributed by atoms with Gasteiger partial charge in [-0.05, 0) is 71.8 Å². The topological polar surface area (TPSA) is 102 Å². The van der Waals surface area contributed by atoms with E-state index < -0.39 is 0 Å². The number of tetrazole rings is 1. The molecule has 182 valence electrons. The van der Waals surface area contributed by atoms with Crippen LogP contribution in [0.15, 0.2) is 53.6 Å². The predicted octanol–water partition coefficient (Wildman–Crippen LogP) is 3.55. The molecule has 0 unspecified atom stereocenters. The second-order valence-electron chi connectivity index (χ2n) is 9.26. The zero-order valence-electron chi connectivity index (χ0n) is 20.2. The van der Waals surface area contributed by atoms with Crippen LogP contribution in [0.2, 0.25) is 0 Å². The third-order valence-electron chi connectivity index (χ3n) is 6.64. The second kappa shape index (κ2) is 10.5. The summed E-state index contributed by atoms with van der Waals surface area (Å²) in [7, 11) is 0. The smallest absolute Gasteiger partial charge is 0.252 e. The van der Waals surface area contributed by atoms with Gasteiger partial charge in [0.25, 0.3) is 5.56 Å². The maximum absolute atomic E-state index is 13.0. The Hall–Kier alpha value is -3.43. The monoisotopic (exact) mass is 473 g/mol. The van der Waals surface area contributed by atoms with Gasteiger partial charge in [0, 0.05) is 43.2 Å². The zero-order chi connectivity index (χ0) is 24.2. The Labute approximate surface area is 204 Å². The van der Waals surface area contributed by atoms with Crippen LogP contribution in [0.25, 0.3) is 10.9 Å². The molecular weight excluding hydrogens is 442 g/mol. The Morgan fingerprint density at radius 1 is 1.26 bits per heavy atom. The molecule has 0 radical (unpaired) electrons. The fraction of sp³-hybridized carbons (Fsp3) is 0.423. The largest absolute Gasteiger partial charge is 0.376 e. The summed E-state index contributed by atoms with van der Waals surface area (Å²) in [6.45, 7) is 6.68. The molecular formula is C26H31N7O2. The number of nitrogens with one attached hydrogen (secondary N) is 1. The minimum absolute atomic E-state index is 0.0775. The van der Waals surface area contributed by atoms with Crippen LogP contribution in [0.3, 0.4) is 0 Å². The Morgan fingerprint density at radius 2 is 2.17 bits per heavy atom. The van der Waals surface area contributed by atoms with Gasteiger partial charge in [-0.15, -0.1) is 5.10 Å². The molecule has 1 fully saturated rings. The number of rotatable bonds is 9. The predicted molar refractivity (Wildman–Crippen MR) is 133 cm³/mol. The molecule has 0 spiro atoms. The average molecular weight is 474 g/mol. The maximum atomic E-state index is 13.0. The first-order chi connectivity index (χ1) is 17.1. The Balaban J connectivity index is 1.50. The molecule has 4 aromatic rings. The van der Waals surface area contributed by atoms with E-state index in [1.165, 1.54) is 0 Å². The van der Waals surface area contributed by atoms with Crippen LogP contribution in [-0.2, 0) is 24.4 Å². The fourth-order valence-electron chi connectivity index (χ4n) is 4.88. The summed E-state index contributed by atoms with van der Waals surface area (Å²) in [6.07, 6.45) is 6.63. The van der Waals surface area contributed by atoms with E-state index in [1.807, 2.05) is 35.1 Å². The van der Waals surface area contributed by atoms with E-state index in [2.05, 4.69) is 56.4 Å². The van der Waals surface area contributed by atoms with E-state index in [0.717, 1.165) is 53.7 Å². The molecule has 9 nitrogen and oxygen atoms in total. The minimum atomic E-state index is -0.0841. The summed E-state index contributed by atoms with van der Waals surface area (Å²) in [6, 6.07) is 12.0. The van der Waals surface area contributed by atoms with Crippen molar-refractivity contribution in [3.63, 3.8) is 0 Å². The molecule has 35 heavy (non-hydrogen) atoms. The summed E-state index contributed by atoms with van der Waals surface area (Å²) < 4.78 is 7.70. The number of H-pyrrole nitrogens is 1. The van der Waals surface area contributed by atoms with Gasteiger partial charge in [-0.25, -0.2) is 4.68 Å². The molecule has 4 heterocycles. The highest BCUT2D eigenvalue weighted by Crippen LogP contribution is 2.27. The minimum Gasteiger partial charge on any atom is -0.376 e. The van der Waals surface area contributed by atoms with E-state index in [9.17, 15) is 4.79 Å². The molecule has 0 bridgehead atoms. The molecule has 0 aliphatic carbocycles. The van der Waals surface area contributed by atoms with Crippen LogP contribution < -0.4 is 5.56 Å². The van der Waals surface area contributed by atoms with Crippen molar-refractivity contribution in [1.82, 2.24) is 35.1 Å². The van der Waals surface area contributed by atoms with Crippen molar-refractivity contribution in [3.8, 4) is 0 Å². The number of aromatic nitrogens is 6. The number of nitrogens with zero attached hydrogens (tertiary/aromatic N) is 6. The SMILES string of the molecule is CC[C@H](c1nnnn1C[C@@H]1CCCO1)N(Cc1cccnc1)Cc1cc2cc(C)ccc2[nH]c1=O. The molecule has 1 aromatic carbocycles. The molecule has 0 saturated carbocycles. The summed E-state index contributed by atoms with van der Waals surface area (Å²) in [5, 5.41) is 13.7. The number of hydrogen-bond acceptors (Lipinski definition) is 7. The lowest BCUT2D eigenvalue weighted by molar-refractivity contribution is 0.0888. The van der Waals surface area contributed by atoms with Gasteiger partial charge in [-0.2, -0.15) is 0 Å². The van der Waals surface area contributed by atoms with Gasteiger partial charge >= 0.3 is 0 Å². The highest BCUT2D eigenvalue weighted by Gasteiger charge is 2.28. The Kier molecular flexibility index (Phi) is 6.96. The number of aryl methyl sites for hydroxylation is 1. The molecule has 1 aliphatic heterocycles. The summed E-state index contributed by atoms with van der Waals surface area (Å²) in [4.78, 5) is 22.6. The molecule has 1 aliphatic rings. The lowest BCUT2D eigenvalue weighted by atomic mass is 10.1. The van der Waals surface area contributed by atoms with Gasteiger partial charge in [0.15, 0.2) is 5.82 Å². The first-order valence-corrected chi connectivity index (χ1v) is 12.2. The number of pyridine rings is 2. The third-order valence-corrected chi connectivity index (χ3v) is 6.64. The normalized spacial score (nSPS) is 16.8. The standard InChI is InChI=1S/C26H31N7O2/c1-3-24(25-29-30-31-33(25)17-22-7-5-11-35-22)32(15-19-6-4-10-27-14-19)16-21-13-20-12-18(2)8-9-23(20)28-26(21)34/h4,6,8-10,12-14,22,24H,3,5,7,11,15-17H2,1-2H3,(H,28,34)/t22-,24+/m0/s1. The van der Waals surface area contributed by atoms with Crippen LogP contribution in [-0.4, -0.2) is 47.8 Å². The molecule has 9 heteroatoms. The van der Waals surface area contributed by atoms with E-state index in [0.29, 0.717) is 25.2 Å². The van der Waals surface area contributed by atoms with Crippen molar-refractivity contribution < 1.29 is 4.74 Å². The number of benzene rings is 1. The van der Waals surface area contributed by atoms with Crippen molar-refractivity contribution >= 4 is 10.9 Å². The molecule has 2 atom stereocenters. The maximum Gasteiger partial charge on any atom is 0.252 e. The van der Waals surface area contributed by atoms with E-state index in [1.54, 1.807) is 6.20 Å². The lowest BCUT2D eigenvalue weighted by Crippen LogP contribution is -2.33. The first kappa shape index (κ1) is 23.3. The third kappa shape index (κ3) is 5.31. The zero-order valence-corrected chi connectivity index (χ0v) is 20.2. The number of ether oxygens (including phenoxy) is 1. The highest BCUT2D eigenvalue weighted by atomic mass is 16.5. The van der Waals surface area contributed by atoms with Crippen LogP contribution in [0.1, 0.15) is 54.7 Å². The number of hydrogen-bond donors (Lipinski definition) is 1. The second-order valence-corrected chi connectivity index (χ2v) is 9.26. The number of aromatic amines is 1. The molecule has 1 N–H and O–H groups in total. The quantitative estimate of drug-likeness (QED) is 0.397. The summed E-state index contributed by atoms with van der Waals surface area (Å²) in [5.41, 5.74) is 3.70. The van der Waals surface area contributed by atoms with Gasteiger partial charge in [0.05, 0.1) is 18.7 Å². The molecule has 5 rings (SSSR count). The van der Waals surface area contributed by atoms with Crippen LogP contribution >= 0.6 is 0 Å². The van der Waals surface area contributed by atoms with Gasteiger partial charge in [-0.3, -0.25) is 14.7 Å². The molecule has 3 aromatic heterocycles. The molecule has 1 saturated heterocycles. The van der Waals surface area contributed by atoms with Crippen LogP contribution in [0.4, 0.5) is 0 Å².